The van der Waals surface area contributed by atoms with E-state index in [-0.39, 0.29) is 99.3 Å². The third kappa shape index (κ3) is 18.7. The van der Waals surface area contributed by atoms with Crippen molar-refractivity contribution in [1.82, 2.24) is 0 Å². The number of fused-ring (bicyclic) bond motifs is 3. The van der Waals surface area contributed by atoms with Gasteiger partial charge in [0.1, 0.15) is 25.9 Å². The molecule has 1 N–H and O–H groups in total. The first-order valence-electron chi connectivity index (χ1n) is 22.9. The summed E-state index contributed by atoms with van der Waals surface area (Å²) in [5.74, 6) is -0.706. The van der Waals surface area contributed by atoms with Gasteiger partial charge in [0.25, 0.3) is 0 Å². The molecular formula is C56H49N2Na3O14S4. The van der Waals surface area contributed by atoms with Crippen LogP contribution in [0.2, 0.25) is 0 Å². The molecule has 0 atom stereocenters. The number of nitrogens with zero attached hydrogens (tertiary/aromatic N) is 2. The molecule has 0 saturated carbocycles. The Morgan fingerprint density at radius 2 is 1.03 bits per heavy atom. The van der Waals surface area contributed by atoms with Crippen molar-refractivity contribution in [1.29, 1.82) is 0 Å². The number of benzene rings is 8. The fraction of sp³-hybridized carbons (Fsp3) is 0.161. The quantitative estimate of drug-likeness (QED) is 0.0543. The van der Waals surface area contributed by atoms with Gasteiger partial charge in [0.05, 0.1) is 36.4 Å². The summed E-state index contributed by atoms with van der Waals surface area (Å²) in [4.78, 5) is -0.966. The molecule has 23 heteroatoms. The minimum atomic E-state index is -4.86. The van der Waals surface area contributed by atoms with Gasteiger partial charge in [-0.05, 0) is 129 Å². The standard InChI is InChI=1S/C37H32O4S.C18H15N2O4S.CH4O3S.3Na.O3S/c1-23-9-7-10-24(2)32(23)19-27-15-17-29-34(21-27)41-35-22-28(20-33-25(3)11-8-12-26(33)4)16-18-30(35)37(29)31-13-5-6-14-36(31)42(38,39)40;1-11-7-8-15(12(2)9-11)19-20-17-14-6-4-3-5-13(14)10-16(18(17)21)25(22,23)24;1-5(2,3)4;;;;1-4(2)3/h5-18,21-22H,19-20H2,1-4H3;4-10,21H,1-2H3,(H,22,23,24);1H3,(H,2,3,4);;;;/q;-1;;3*+1;/p-2. The average Bonchev–Trinajstić information content (AvgIpc) is 3.32. The molecule has 79 heavy (non-hydrogen) atoms. The van der Waals surface area contributed by atoms with Crippen LogP contribution in [0.4, 0.5) is 11.4 Å². The van der Waals surface area contributed by atoms with Crippen LogP contribution >= 0.6 is 0 Å². The van der Waals surface area contributed by atoms with E-state index in [1.54, 1.807) is 36.4 Å². The summed E-state index contributed by atoms with van der Waals surface area (Å²) >= 11 is 0. The monoisotopic (exact) mass is 1170 g/mol. The fourth-order valence-electron chi connectivity index (χ4n) is 8.59. The Morgan fingerprint density at radius 1 is 0.557 bits per heavy atom. The number of aryl methyl sites for hydroxylation is 6. The minimum absolute atomic E-state index is 0. The van der Waals surface area contributed by atoms with E-state index in [9.17, 15) is 31.0 Å². The molecule has 394 valence electrons. The van der Waals surface area contributed by atoms with Crippen LogP contribution in [-0.4, -0.2) is 62.9 Å². The predicted octanol–water partition coefficient (Wildman–Crippen LogP) is 2.30. The van der Waals surface area contributed by atoms with Crippen LogP contribution in [0.5, 0.6) is 5.75 Å². The molecule has 0 amide bonds. The van der Waals surface area contributed by atoms with Crippen molar-refractivity contribution in [3.63, 3.8) is 0 Å². The van der Waals surface area contributed by atoms with Crippen molar-refractivity contribution >= 4 is 85.0 Å². The van der Waals surface area contributed by atoms with E-state index in [1.807, 2.05) is 50.2 Å². The number of hydrogen-bond acceptors (Lipinski definition) is 15. The maximum atomic E-state index is 12.4. The van der Waals surface area contributed by atoms with Crippen LogP contribution in [-0.2, 0) is 53.8 Å². The van der Waals surface area contributed by atoms with Crippen LogP contribution in [0.3, 0.4) is 0 Å². The molecule has 1 aromatic heterocycles. The summed E-state index contributed by atoms with van der Waals surface area (Å²) in [6.45, 7) is 12.3. The first-order chi connectivity index (χ1) is 35.6. The van der Waals surface area contributed by atoms with Crippen molar-refractivity contribution in [3.05, 3.63) is 201 Å². The topological polar surface area (TPSA) is 279 Å². The third-order valence-corrected chi connectivity index (χ3v) is 13.8. The van der Waals surface area contributed by atoms with Gasteiger partial charge in [-0.25, -0.2) is 29.7 Å². The molecular weight excluding hydrogens is 1120 g/mol. The van der Waals surface area contributed by atoms with Crippen molar-refractivity contribution in [2.24, 2.45) is 10.2 Å². The number of phenols is 1. The van der Waals surface area contributed by atoms with Gasteiger partial charge in [0.15, 0.2) is 5.75 Å². The van der Waals surface area contributed by atoms with Gasteiger partial charge in [0.2, 0.25) is 0 Å². The summed E-state index contributed by atoms with van der Waals surface area (Å²) in [5, 5.41) is 20.8. The molecule has 0 bridgehead atoms. The zero-order chi connectivity index (χ0) is 55.9. The van der Waals surface area contributed by atoms with Gasteiger partial charge in [-0.3, -0.25) is 0 Å². The van der Waals surface area contributed by atoms with E-state index in [1.165, 1.54) is 45.5 Å². The first-order valence-corrected chi connectivity index (χ1v) is 28.5. The molecule has 0 spiro atoms. The number of hydrogen-bond donors (Lipinski definition) is 1. The Labute approximate surface area is 527 Å². The molecule has 0 radical (unpaired) electrons. The summed E-state index contributed by atoms with van der Waals surface area (Å²) in [7, 11) is -16.6. The molecule has 8 aromatic carbocycles. The maximum absolute atomic E-state index is 12.4. The molecule has 0 saturated heterocycles. The second-order valence-corrected chi connectivity index (χ2v) is 22.3. The number of rotatable bonds is 9. The smallest absolute Gasteiger partial charge is 0.748 e. The Kier molecular flexibility index (Phi) is 25.6. The molecule has 0 aliphatic heterocycles. The maximum Gasteiger partial charge on any atom is 1.00 e. The molecule has 16 nitrogen and oxygen atoms in total. The number of phenolic OH excluding ortho intramolecular Hbond substituents is 1. The second kappa shape index (κ2) is 29.4. The normalized spacial score (nSPS) is 11.2. The average molecular weight is 1170 g/mol. The molecule has 0 aliphatic carbocycles. The van der Waals surface area contributed by atoms with Crippen molar-refractivity contribution in [3.8, 4) is 16.9 Å². The van der Waals surface area contributed by atoms with E-state index in [0.717, 1.165) is 51.9 Å². The minimum Gasteiger partial charge on any atom is -0.748 e. The van der Waals surface area contributed by atoms with Gasteiger partial charge >= 0.3 is 110 Å². The van der Waals surface area contributed by atoms with E-state index in [0.29, 0.717) is 45.0 Å². The van der Waals surface area contributed by atoms with Gasteiger partial charge in [-0.15, -0.1) is 23.1 Å². The van der Waals surface area contributed by atoms with Gasteiger partial charge in [-0.1, -0.05) is 95.9 Å². The predicted molar refractivity (Wildman–Crippen MR) is 287 cm³/mol. The third-order valence-electron chi connectivity index (χ3n) is 12.1. The summed E-state index contributed by atoms with van der Waals surface area (Å²) in [6.07, 6.45) is 2.10. The van der Waals surface area contributed by atoms with Crippen LogP contribution in [0, 0.1) is 47.6 Å². The van der Waals surface area contributed by atoms with E-state index < -0.39 is 51.6 Å². The van der Waals surface area contributed by atoms with Crippen LogP contribution in [0.1, 0.15) is 55.6 Å². The Morgan fingerprint density at radius 3 is 1.48 bits per heavy atom. The van der Waals surface area contributed by atoms with Gasteiger partial charge in [-0.2, -0.15) is 29.4 Å². The summed E-state index contributed by atoms with van der Waals surface area (Å²) in [6, 6.07) is 45.4. The molecule has 9 rings (SSSR count). The van der Waals surface area contributed by atoms with Gasteiger partial charge in [0, 0.05) is 29.5 Å². The molecule has 1 heterocycles. The zero-order valence-corrected chi connectivity index (χ0v) is 54.2. The Balaban J connectivity index is 0.000000378. The van der Waals surface area contributed by atoms with Gasteiger partial charge < -0.3 is 18.8 Å². The van der Waals surface area contributed by atoms with Crippen LogP contribution < -0.4 is 88.7 Å². The fourth-order valence-corrected chi connectivity index (χ4v) is 9.88. The summed E-state index contributed by atoms with van der Waals surface area (Å²) in [5.41, 5.74) is 14.5. The second-order valence-electron chi connectivity index (χ2n) is 17.8. The number of aromatic hydroxyl groups is 1. The van der Waals surface area contributed by atoms with E-state index in [2.05, 4.69) is 92.5 Å². The van der Waals surface area contributed by atoms with Crippen molar-refractivity contribution < 1.29 is 150 Å². The zero-order valence-electron chi connectivity index (χ0n) is 45.0. The molecule has 9 aromatic rings. The molecule has 0 fully saturated rings. The summed E-state index contributed by atoms with van der Waals surface area (Å²) < 4.78 is 130. The number of azo groups is 1. The largest absolute Gasteiger partial charge is 1.00 e. The van der Waals surface area contributed by atoms with E-state index in [4.69, 9.17) is 30.0 Å². The molecule has 0 aliphatic rings. The van der Waals surface area contributed by atoms with Crippen molar-refractivity contribution in [2.75, 3.05) is 6.26 Å². The van der Waals surface area contributed by atoms with E-state index >= 15 is 0 Å². The Bertz CT molecular complexity index is 4060. The SMILES string of the molecule is CS(=O)(=O)[O-].Cc1ccc(N=Nc2c(O)c(S(=O)(=O)[O-])cc3c[c-]ccc23)c(C)c1.Cc1cccc(C)c1Cc1ccc2c(-c3ccccc3S(=O)(=O)[O-])c3ccc(Cc4c(C)cccc4C)cc3[o+]c2c1.O=S(=O)=O.[Na+].[Na+].[Na+]. The van der Waals surface area contributed by atoms with Crippen molar-refractivity contribution in [2.45, 2.75) is 64.2 Å². The Hall–Kier alpha value is -4.56. The van der Waals surface area contributed by atoms with Crippen LogP contribution in [0.15, 0.2) is 164 Å². The van der Waals surface area contributed by atoms with Crippen LogP contribution in [0.25, 0.3) is 43.8 Å². The molecule has 0 unspecified atom stereocenters. The first kappa shape index (κ1) is 68.7.